The molecule has 0 radical (unpaired) electrons. The molecule has 0 saturated heterocycles. The molecule has 5 rings (SSSR count). The maximum absolute atomic E-state index is 13.8. The molecular formula is C24H21ClF3N5O2. The van der Waals surface area contributed by atoms with Crippen molar-refractivity contribution >= 4 is 22.5 Å². The van der Waals surface area contributed by atoms with Crippen molar-refractivity contribution in [3.05, 3.63) is 69.8 Å². The number of ether oxygens (including phenoxy) is 1. The molecule has 1 unspecified atom stereocenters. The molecule has 0 amide bonds. The van der Waals surface area contributed by atoms with E-state index in [0.717, 1.165) is 12.8 Å². The van der Waals surface area contributed by atoms with Crippen molar-refractivity contribution in [2.24, 2.45) is 5.92 Å². The van der Waals surface area contributed by atoms with Crippen LogP contribution in [0.4, 0.5) is 13.2 Å². The third kappa shape index (κ3) is 4.27. The molecule has 1 saturated carbocycles. The van der Waals surface area contributed by atoms with Gasteiger partial charge in [-0.3, -0.25) is 19.0 Å². The van der Waals surface area contributed by atoms with E-state index in [1.54, 1.807) is 32.4 Å². The number of pyridine rings is 1. The molecule has 0 bridgehead atoms. The van der Waals surface area contributed by atoms with Gasteiger partial charge in [0, 0.05) is 41.2 Å². The second-order valence-electron chi connectivity index (χ2n) is 8.45. The second kappa shape index (κ2) is 8.67. The topological polar surface area (TPSA) is 74.8 Å². The van der Waals surface area contributed by atoms with Crippen LogP contribution in [0.2, 0.25) is 5.02 Å². The number of benzene rings is 1. The maximum atomic E-state index is 13.8. The van der Waals surface area contributed by atoms with Crippen LogP contribution in [-0.4, -0.2) is 31.4 Å². The van der Waals surface area contributed by atoms with Gasteiger partial charge in [0.2, 0.25) is 0 Å². The van der Waals surface area contributed by atoms with Gasteiger partial charge in [-0.05, 0) is 43.9 Å². The van der Waals surface area contributed by atoms with E-state index in [1.807, 2.05) is 0 Å². The van der Waals surface area contributed by atoms with E-state index in [0.29, 0.717) is 11.4 Å². The normalized spacial score (nSPS) is 14.9. The number of nitrogens with zero attached hydrogens (tertiary/aromatic N) is 5. The number of hydrogen-bond donors (Lipinski definition) is 0. The Balaban J connectivity index is 1.72. The van der Waals surface area contributed by atoms with Crippen molar-refractivity contribution in [2.45, 2.75) is 38.5 Å². The summed E-state index contributed by atoms with van der Waals surface area (Å²) in [6, 6.07) is 5.93. The van der Waals surface area contributed by atoms with Crippen molar-refractivity contribution in [1.82, 2.24) is 24.3 Å². The standard InChI is InChI=1S/C24H21ClF3N5O2/c1-3-32-11-18(22(31-32)24(26,27)28)16-8-14(25)9-17-20(16)30-12-33(23(17)34)21(13-4-5-13)19-10-15(35-2)6-7-29-19/h6-13,21H,3-5H2,1-2H3. The smallest absolute Gasteiger partial charge is 0.435 e. The number of hydrogen-bond acceptors (Lipinski definition) is 5. The fraction of sp³-hybridized carbons (Fsp3) is 0.333. The van der Waals surface area contributed by atoms with E-state index >= 15 is 0 Å². The molecule has 35 heavy (non-hydrogen) atoms. The van der Waals surface area contributed by atoms with Crippen molar-refractivity contribution in [2.75, 3.05) is 7.11 Å². The lowest BCUT2D eigenvalue weighted by molar-refractivity contribution is -0.141. The van der Waals surface area contributed by atoms with Gasteiger partial charge in [-0.2, -0.15) is 18.3 Å². The lowest BCUT2D eigenvalue weighted by atomic mass is 10.0. The monoisotopic (exact) mass is 503 g/mol. The predicted octanol–water partition coefficient (Wildman–Crippen LogP) is 5.36. The molecule has 0 spiro atoms. The number of methoxy groups -OCH3 is 1. The van der Waals surface area contributed by atoms with Crippen LogP contribution in [0, 0.1) is 5.92 Å². The van der Waals surface area contributed by atoms with Gasteiger partial charge in [0.05, 0.1) is 36.1 Å². The Morgan fingerprint density at radius 2 is 1.97 bits per heavy atom. The summed E-state index contributed by atoms with van der Waals surface area (Å²) in [6.07, 6.45) is 1.44. The zero-order valence-corrected chi connectivity index (χ0v) is 19.6. The van der Waals surface area contributed by atoms with Crippen LogP contribution in [0.15, 0.2) is 47.8 Å². The third-order valence-corrected chi connectivity index (χ3v) is 6.37. The van der Waals surface area contributed by atoms with E-state index in [4.69, 9.17) is 16.3 Å². The summed E-state index contributed by atoms with van der Waals surface area (Å²) < 4.78 is 49.3. The summed E-state index contributed by atoms with van der Waals surface area (Å²) >= 11 is 6.30. The first kappa shape index (κ1) is 23.3. The Kier molecular flexibility index (Phi) is 5.79. The molecule has 0 N–H and O–H groups in total. The van der Waals surface area contributed by atoms with Crippen LogP contribution < -0.4 is 10.3 Å². The fourth-order valence-electron chi connectivity index (χ4n) is 4.35. The van der Waals surface area contributed by atoms with Crippen molar-refractivity contribution < 1.29 is 17.9 Å². The van der Waals surface area contributed by atoms with Crippen LogP contribution in [0.1, 0.15) is 37.2 Å². The molecule has 182 valence electrons. The Morgan fingerprint density at radius 1 is 1.20 bits per heavy atom. The Bertz CT molecular complexity index is 1480. The van der Waals surface area contributed by atoms with Gasteiger partial charge in [-0.25, -0.2) is 4.98 Å². The third-order valence-electron chi connectivity index (χ3n) is 6.15. The minimum Gasteiger partial charge on any atom is -0.497 e. The highest BCUT2D eigenvalue weighted by Gasteiger charge is 2.39. The zero-order valence-electron chi connectivity index (χ0n) is 18.9. The second-order valence-corrected chi connectivity index (χ2v) is 8.89. The molecule has 1 aliphatic carbocycles. The minimum atomic E-state index is -4.69. The first-order valence-corrected chi connectivity index (χ1v) is 11.4. The number of fused-ring (bicyclic) bond motifs is 1. The van der Waals surface area contributed by atoms with E-state index in [2.05, 4.69) is 15.1 Å². The lowest BCUT2D eigenvalue weighted by Gasteiger charge is -2.20. The van der Waals surface area contributed by atoms with Crippen LogP contribution in [-0.2, 0) is 12.7 Å². The SMILES string of the molecule is CCn1cc(-c2cc(Cl)cc3c(=O)n(C(c4cc(OC)ccn4)C4CC4)cnc23)c(C(F)(F)F)n1. The van der Waals surface area contributed by atoms with Gasteiger partial charge >= 0.3 is 6.18 Å². The quantitative estimate of drug-likeness (QED) is 0.354. The van der Waals surface area contributed by atoms with Crippen LogP contribution in [0.25, 0.3) is 22.0 Å². The van der Waals surface area contributed by atoms with Crippen LogP contribution in [0.3, 0.4) is 0 Å². The molecule has 1 fully saturated rings. The maximum Gasteiger partial charge on any atom is 0.435 e. The molecule has 4 aromatic rings. The van der Waals surface area contributed by atoms with Gasteiger partial charge in [-0.15, -0.1) is 0 Å². The van der Waals surface area contributed by atoms with Gasteiger partial charge in [0.25, 0.3) is 5.56 Å². The van der Waals surface area contributed by atoms with E-state index in [1.165, 1.54) is 33.9 Å². The van der Waals surface area contributed by atoms with Gasteiger partial charge in [0.15, 0.2) is 5.69 Å². The minimum absolute atomic E-state index is 0.103. The highest BCUT2D eigenvalue weighted by Crippen LogP contribution is 2.43. The first-order valence-electron chi connectivity index (χ1n) is 11.1. The van der Waals surface area contributed by atoms with Gasteiger partial charge in [-0.1, -0.05) is 11.6 Å². The zero-order chi connectivity index (χ0) is 24.9. The molecule has 3 heterocycles. The average Bonchev–Trinajstić information content (AvgIpc) is 3.56. The van der Waals surface area contributed by atoms with Crippen LogP contribution >= 0.6 is 11.6 Å². The summed E-state index contributed by atoms with van der Waals surface area (Å²) in [5.41, 5.74) is -0.746. The predicted molar refractivity (Wildman–Crippen MR) is 125 cm³/mol. The highest BCUT2D eigenvalue weighted by molar-refractivity contribution is 6.31. The molecule has 1 aliphatic rings. The number of aryl methyl sites for hydroxylation is 1. The Morgan fingerprint density at radius 3 is 2.63 bits per heavy atom. The van der Waals surface area contributed by atoms with Crippen molar-refractivity contribution in [3.8, 4) is 16.9 Å². The van der Waals surface area contributed by atoms with Gasteiger partial charge in [0.1, 0.15) is 5.75 Å². The Labute approximate surface area is 203 Å². The summed E-state index contributed by atoms with van der Waals surface area (Å²) in [7, 11) is 1.55. The molecule has 1 atom stereocenters. The van der Waals surface area contributed by atoms with E-state index in [9.17, 15) is 18.0 Å². The lowest BCUT2D eigenvalue weighted by Crippen LogP contribution is -2.28. The fourth-order valence-corrected chi connectivity index (χ4v) is 4.56. The molecule has 0 aliphatic heterocycles. The van der Waals surface area contributed by atoms with E-state index in [-0.39, 0.29) is 45.6 Å². The Hall–Kier alpha value is -3.40. The van der Waals surface area contributed by atoms with Crippen molar-refractivity contribution in [1.29, 1.82) is 0 Å². The molecule has 11 heteroatoms. The van der Waals surface area contributed by atoms with Crippen molar-refractivity contribution in [3.63, 3.8) is 0 Å². The number of rotatable bonds is 6. The highest BCUT2D eigenvalue weighted by atomic mass is 35.5. The molecule has 3 aromatic heterocycles. The molecule has 7 nitrogen and oxygen atoms in total. The first-order chi connectivity index (χ1) is 16.7. The molecular weight excluding hydrogens is 483 g/mol. The van der Waals surface area contributed by atoms with Crippen LogP contribution in [0.5, 0.6) is 5.75 Å². The van der Waals surface area contributed by atoms with E-state index < -0.39 is 17.4 Å². The van der Waals surface area contributed by atoms with Gasteiger partial charge < -0.3 is 4.74 Å². The largest absolute Gasteiger partial charge is 0.497 e. The summed E-state index contributed by atoms with van der Waals surface area (Å²) in [4.78, 5) is 22.6. The summed E-state index contributed by atoms with van der Waals surface area (Å²) in [5, 5.41) is 3.94. The number of aromatic nitrogens is 5. The molecule has 1 aromatic carbocycles. The number of halogens is 4. The summed E-state index contributed by atoms with van der Waals surface area (Å²) in [6.45, 7) is 1.94. The average molecular weight is 504 g/mol. The number of alkyl halides is 3. The summed E-state index contributed by atoms with van der Waals surface area (Å²) in [5.74, 6) is 0.797.